The van der Waals surface area contributed by atoms with Crippen LogP contribution in [0.15, 0.2) is 42.5 Å². The molecule has 0 unspecified atom stereocenters. The van der Waals surface area contributed by atoms with Crippen molar-refractivity contribution in [2.75, 3.05) is 26.3 Å². The number of ether oxygens (including phenoxy) is 2. The molecule has 5 heteroatoms. The van der Waals surface area contributed by atoms with Gasteiger partial charge >= 0.3 is 0 Å². The second kappa shape index (κ2) is 8.87. The number of likely N-dealkylation sites (tertiary alicyclic amines) is 1. The Hall–Kier alpha value is -2.53. The van der Waals surface area contributed by atoms with Crippen LogP contribution >= 0.6 is 0 Å². The van der Waals surface area contributed by atoms with Gasteiger partial charge in [-0.1, -0.05) is 25.1 Å². The van der Waals surface area contributed by atoms with E-state index in [2.05, 4.69) is 29.3 Å². The summed E-state index contributed by atoms with van der Waals surface area (Å²) in [6, 6.07) is 13.7. The number of carbonyl (C=O) groups excluding carboxylic acids is 1. The van der Waals surface area contributed by atoms with Crippen LogP contribution in [0.25, 0.3) is 0 Å². The maximum Gasteiger partial charge on any atom is 0.251 e. The number of fused-ring (bicyclic) bond motifs is 1. The van der Waals surface area contributed by atoms with E-state index in [1.807, 2.05) is 37.3 Å². The minimum atomic E-state index is -0.118. The molecule has 0 radical (unpaired) electrons. The third kappa shape index (κ3) is 4.91. The average Bonchev–Trinajstić information content (AvgIpc) is 2.74. The minimum absolute atomic E-state index is 0.0643. The lowest BCUT2D eigenvalue weighted by Gasteiger charge is -2.30. The number of hydrogen-bond donors (Lipinski definition) is 1. The van der Waals surface area contributed by atoms with Gasteiger partial charge in [0.2, 0.25) is 0 Å². The summed E-state index contributed by atoms with van der Waals surface area (Å²) in [4.78, 5) is 15.2. The van der Waals surface area contributed by atoms with Crippen LogP contribution < -0.4 is 14.8 Å². The number of carbonyl (C=O) groups is 1. The van der Waals surface area contributed by atoms with E-state index < -0.39 is 0 Å². The lowest BCUT2D eigenvalue weighted by molar-refractivity contribution is 0.0939. The first kappa shape index (κ1) is 19.8. The number of hydrogen-bond acceptors (Lipinski definition) is 4. The summed E-state index contributed by atoms with van der Waals surface area (Å²) in [5.74, 6) is 2.21. The fraction of sp³-hybridized carbons (Fsp3) is 0.458. The van der Waals surface area contributed by atoms with Gasteiger partial charge in [0.15, 0.2) is 11.5 Å². The van der Waals surface area contributed by atoms with Crippen molar-refractivity contribution in [3.8, 4) is 11.5 Å². The number of nitrogens with zero attached hydrogens (tertiary/aromatic N) is 1. The zero-order chi connectivity index (χ0) is 20.2. The standard InChI is InChI=1S/C24H30N2O3/c1-17-4-3-11-26(15-17)16-19-5-7-20(8-6-19)24(27)25-18(2)21-9-10-22-23(14-21)29-13-12-28-22/h5-10,14,17-18H,3-4,11-13,15-16H2,1-2H3,(H,25,27)/t17-,18-/m1/s1. The maximum absolute atomic E-state index is 12.7. The van der Waals surface area contributed by atoms with Crippen LogP contribution in [0, 0.1) is 5.92 Å². The summed E-state index contributed by atoms with van der Waals surface area (Å²) in [6.07, 6.45) is 2.61. The third-order valence-electron chi connectivity index (χ3n) is 5.78. The van der Waals surface area contributed by atoms with Crippen molar-refractivity contribution in [1.29, 1.82) is 0 Å². The molecular weight excluding hydrogens is 364 g/mol. The molecule has 0 spiro atoms. The summed E-state index contributed by atoms with van der Waals surface area (Å²) < 4.78 is 11.2. The van der Waals surface area contributed by atoms with Gasteiger partial charge in [0.1, 0.15) is 13.2 Å². The van der Waals surface area contributed by atoms with Crippen LogP contribution in [0.2, 0.25) is 0 Å². The molecule has 1 saturated heterocycles. The monoisotopic (exact) mass is 394 g/mol. The van der Waals surface area contributed by atoms with Gasteiger partial charge in [-0.2, -0.15) is 0 Å². The second-order valence-electron chi connectivity index (χ2n) is 8.28. The lowest BCUT2D eigenvalue weighted by atomic mass is 9.99. The first-order valence-electron chi connectivity index (χ1n) is 10.6. The Morgan fingerprint density at radius 3 is 2.66 bits per heavy atom. The van der Waals surface area contributed by atoms with E-state index in [9.17, 15) is 4.79 Å². The Morgan fingerprint density at radius 1 is 1.14 bits per heavy atom. The van der Waals surface area contributed by atoms with Gasteiger partial charge in [0.25, 0.3) is 5.91 Å². The van der Waals surface area contributed by atoms with Gasteiger partial charge in [-0.3, -0.25) is 9.69 Å². The largest absolute Gasteiger partial charge is 0.486 e. The number of amides is 1. The highest BCUT2D eigenvalue weighted by Gasteiger charge is 2.18. The topological polar surface area (TPSA) is 50.8 Å². The van der Waals surface area contributed by atoms with Gasteiger partial charge in [0, 0.05) is 18.7 Å². The molecule has 1 amide bonds. The van der Waals surface area contributed by atoms with Gasteiger partial charge in [0.05, 0.1) is 6.04 Å². The van der Waals surface area contributed by atoms with Crippen LogP contribution in [0.3, 0.4) is 0 Å². The molecule has 5 nitrogen and oxygen atoms in total. The molecule has 2 aliphatic heterocycles. The fourth-order valence-electron chi connectivity index (χ4n) is 4.14. The molecule has 2 aliphatic rings. The van der Waals surface area contributed by atoms with E-state index in [4.69, 9.17) is 9.47 Å². The molecule has 4 rings (SSSR count). The molecule has 2 atom stereocenters. The van der Waals surface area contributed by atoms with E-state index >= 15 is 0 Å². The summed E-state index contributed by atoms with van der Waals surface area (Å²) in [5, 5.41) is 3.08. The Balaban J connectivity index is 1.35. The number of rotatable bonds is 5. The van der Waals surface area contributed by atoms with Crippen molar-refractivity contribution in [3.05, 3.63) is 59.2 Å². The van der Waals surface area contributed by atoms with Crippen LogP contribution in [0.5, 0.6) is 11.5 Å². The second-order valence-corrected chi connectivity index (χ2v) is 8.28. The highest BCUT2D eigenvalue weighted by molar-refractivity contribution is 5.94. The van der Waals surface area contributed by atoms with Crippen molar-refractivity contribution < 1.29 is 14.3 Å². The first-order valence-corrected chi connectivity index (χ1v) is 10.6. The normalized spacial score (nSPS) is 20.1. The zero-order valence-electron chi connectivity index (χ0n) is 17.3. The lowest BCUT2D eigenvalue weighted by Crippen LogP contribution is -2.33. The Bertz CT molecular complexity index is 850. The number of benzene rings is 2. The minimum Gasteiger partial charge on any atom is -0.486 e. The van der Waals surface area contributed by atoms with Crippen LogP contribution in [-0.2, 0) is 6.54 Å². The van der Waals surface area contributed by atoms with E-state index in [0.29, 0.717) is 18.8 Å². The predicted molar refractivity (Wildman–Crippen MR) is 113 cm³/mol. The SMILES string of the molecule is C[C@@H]1CCCN(Cc2ccc(C(=O)N[C@H](C)c3ccc4c(c3)OCCO4)cc2)C1. The van der Waals surface area contributed by atoms with Crippen LogP contribution in [0.1, 0.15) is 54.2 Å². The van der Waals surface area contributed by atoms with Crippen LogP contribution in [0.4, 0.5) is 0 Å². The maximum atomic E-state index is 12.7. The highest BCUT2D eigenvalue weighted by atomic mass is 16.6. The molecule has 1 N–H and O–H groups in total. The molecule has 0 saturated carbocycles. The molecule has 2 aromatic rings. The highest BCUT2D eigenvalue weighted by Crippen LogP contribution is 2.32. The third-order valence-corrected chi connectivity index (χ3v) is 5.78. The first-order chi connectivity index (χ1) is 14.1. The summed E-state index contributed by atoms with van der Waals surface area (Å²) in [5.41, 5.74) is 2.94. The molecule has 29 heavy (non-hydrogen) atoms. The van der Waals surface area contributed by atoms with E-state index in [-0.39, 0.29) is 11.9 Å². The molecule has 0 aliphatic carbocycles. The van der Waals surface area contributed by atoms with Gasteiger partial charge in [-0.15, -0.1) is 0 Å². The van der Waals surface area contributed by atoms with Gasteiger partial charge in [-0.05, 0) is 67.6 Å². The molecule has 2 heterocycles. The van der Waals surface area contributed by atoms with Gasteiger partial charge < -0.3 is 14.8 Å². The fourth-order valence-corrected chi connectivity index (χ4v) is 4.14. The van der Waals surface area contributed by atoms with E-state index in [1.54, 1.807) is 0 Å². The van der Waals surface area contributed by atoms with Crippen LogP contribution in [-0.4, -0.2) is 37.1 Å². The molecule has 0 bridgehead atoms. The Labute approximate surface area is 173 Å². The summed E-state index contributed by atoms with van der Waals surface area (Å²) in [7, 11) is 0. The van der Waals surface area contributed by atoms with E-state index in [0.717, 1.165) is 36.1 Å². The summed E-state index contributed by atoms with van der Waals surface area (Å²) >= 11 is 0. The molecule has 2 aromatic carbocycles. The van der Waals surface area contributed by atoms with Crippen molar-refractivity contribution >= 4 is 5.91 Å². The van der Waals surface area contributed by atoms with Crippen molar-refractivity contribution in [3.63, 3.8) is 0 Å². The van der Waals surface area contributed by atoms with Crippen molar-refractivity contribution in [2.45, 2.75) is 39.3 Å². The number of nitrogens with one attached hydrogen (secondary N) is 1. The quantitative estimate of drug-likeness (QED) is 0.827. The molecule has 1 fully saturated rings. The Kier molecular flexibility index (Phi) is 6.05. The zero-order valence-corrected chi connectivity index (χ0v) is 17.3. The summed E-state index contributed by atoms with van der Waals surface area (Å²) in [6.45, 7) is 8.72. The van der Waals surface area contributed by atoms with Crippen molar-refractivity contribution in [2.24, 2.45) is 5.92 Å². The average molecular weight is 395 g/mol. The smallest absolute Gasteiger partial charge is 0.251 e. The Morgan fingerprint density at radius 2 is 1.90 bits per heavy atom. The van der Waals surface area contributed by atoms with Crippen molar-refractivity contribution in [1.82, 2.24) is 10.2 Å². The molecular formula is C24H30N2O3. The van der Waals surface area contributed by atoms with Gasteiger partial charge in [-0.25, -0.2) is 0 Å². The molecule has 154 valence electrons. The predicted octanol–water partition coefficient (Wildman–Crippen LogP) is 4.18. The number of piperidine rings is 1. The molecule has 0 aromatic heterocycles. The van der Waals surface area contributed by atoms with E-state index in [1.165, 1.54) is 24.9 Å².